The average molecular weight is 392 g/mol. The molecule has 1 aromatic carbocycles. The molecule has 27 heavy (non-hydrogen) atoms. The fraction of sp³-hybridized carbons (Fsp3) is 0.450. The molecule has 148 valence electrons. The van der Waals surface area contributed by atoms with Crippen LogP contribution in [0.15, 0.2) is 42.5 Å². The number of aromatic nitrogens is 1. The average Bonchev–Trinajstić information content (AvgIpc) is 2.67. The maximum atomic E-state index is 11.6. The third kappa shape index (κ3) is 5.94. The second-order valence-electron chi connectivity index (χ2n) is 6.72. The summed E-state index contributed by atoms with van der Waals surface area (Å²) in [6.45, 7) is 5.35. The Morgan fingerprint density at radius 2 is 1.96 bits per heavy atom. The third-order valence-corrected chi connectivity index (χ3v) is 5.97. The number of hydrogen-bond acceptors (Lipinski definition) is 5. The fourth-order valence-electron chi connectivity index (χ4n) is 3.14. The van der Waals surface area contributed by atoms with Gasteiger partial charge in [-0.3, -0.25) is 9.62 Å². The number of rotatable bonds is 9. The molecular weight excluding hydrogens is 362 g/mol. The van der Waals surface area contributed by atoms with Crippen LogP contribution in [0.5, 0.6) is 5.88 Å². The number of fused-ring (bicyclic) bond motifs is 1. The van der Waals surface area contributed by atoms with Crippen molar-refractivity contribution in [1.29, 1.82) is 0 Å². The van der Waals surface area contributed by atoms with Crippen molar-refractivity contribution >= 4 is 15.8 Å². The molecule has 7 heteroatoms. The number of nitrogens with zero attached hydrogens (tertiary/aromatic N) is 2. The molecule has 3 rings (SSSR count). The van der Waals surface area contributed by atoms with Crippen LogP contribution in [0.1, 0.15) is 32.3 Å². The highest BCUT2D eigenvalue weighted by Gasteiger charge is 2.14. The predicted octanol–water partition coefficient (Wildman–Crippen LogP) is 3.31. The summed E-state index contributed by atoms with van der Waals surface area (Å²) in [7, 11) is -3.33. The molecule has 0 amide bonds. The molecule has 0 unspecified atom stereocenters. The second-order valence-corrected chi connectivity index (χ2v) is 8.73. The number of ether oxygens (including phenoxy) is 1. The quantitative estimate of drug-likeness (QED) is 0.664. The van der Waals surface area contributed by atoms with Crippen molar-refractivity contribution in [1.82, 2.24) is 9.88 Å². The van der Waals surface area contributed by atoms with Crippen LogP contribution >= 0.6 is 0 Å². The first-order valence-electron chi connectivity index (χ1n) is 9.45. The van der Waals surface area contributed by atoms with E-state index in [0.29, 0.717) is 18.3 Å². The van der Waals surface area contributed by atoms with Crippen molar-refractivity contribution in [3.8, 4) is 5.88 Å². The number of sulfonamides is 1. The van der Waals surface area contributed by atoms with Gasteiger partial charge in [-0.2, -0.15) is 4.98 Å². The molecule has 0 bridgehead atoms. The Morgan fingerprint density at radius 1 is 1.15 bits per heavy atom. The van der Waals surface area contributed by atoms with Crippen molar-refractivity contribution in [3.63, 3.8) is 0 Å². The standard InChI is InChI=1S/C20H27N3O3S.H2/c1-2-27(24,25)22-19-10-7-11-20(21-19)26-15-6-5-13-23-14-12-17-8-3-4-9-18(17)16-23;/h3-4,7-11H,2,5-6,12-16H2,1H3,(H,21,22);1H. The van der Waals surface area contributed by atoms with Crippen molar-refractivity contribution in [3.05, 3.63) is 53.6 Å². The summed E-state index contributed by atoms with van der Waals surface area (Å²) < 4.78 is 31.3. The van der Waals surface area contributed by atoms with Gasteiger partial charge in [0.25, 0.3) is 0 Å². The van der Waals surface area contributed by atoms with Gasteiger partial charge in [0.2, 0.25) is 15.9 Å². The van der Waals surface area contributed by atoms with E-state index >= 15 is 0 Å². The van der Waals surface area contributed by atoms with Gasteiger partial charge in [0.15, 0.2) is 0 Å². The fourth-order valence-corrected chi connectivity index (χ4v) is 3.72. The molecule has 2 heterocycles. The van der Waals surface area contributed by atoms with E-state index in [9.17, 15) is 8.42 Å². The van der Waals surface area contributed by atoms with Crippen molar-refractivity contribution < 1.29 is 14.6 Å². The molecule has 1 aliphatic rings. The van der Waals surface area contributed by atoms with Gasteiger partial charge in [0.05, 0.1) is 12.4 Å². The Balaban J connectivity index is 0.00000280. The van der Waals surface area contributed by atoms with Gasteiger partial charge < -0.3 is 4.74 Å². The lowest BCUT2D eigenvalue weighted by Crippen LogP contribution is -2.31. The zero-order chi connectivity index (χ0) is 19.1. The Bertz CT molecular complexity index is 861. The van der Waals surface area contributed by atoms with Gasteiger partial charge in [-0.25, -0.2) is 8.42 Å². The molecule has 2 aromatic rings. The van der Waals surface area contributed by atoms with Crippen LogP contribution in [-0.2, 0) is 23.0 Å². The maximum absolute atomic E-state index is 11.6. The van der Waals surface area contributed by atoms with Crippen molar-refractivity contribution in [2.24, 2.45) is 0 Å². The highest BCUT2D eigenvalue weighted by atomic mass is 32.2. The van der Waals surface area contributed by atoms with E-state index in [1.807, 2.05) is 0 Å². The molecular formula is C20H29N3O3S. The van der Waals surface area contributed by atoms with E-state index in [2.05, 4.69) is 38.9 Å². The number of benzene rings is 1. The minimum absolute atomic E-state index is 0. The molecule has 1 N–H and O–H groups in total. The summed E-state index contributed by atoms with van der Waals surface area (Å²) in [5.41, 5.74) is 2.91. The van der Waals surface area contributed by atoms with Crippen LogP contribution in [0.2, 0.25) is 0 Å². The largest absolute Gasteiger partial charge is 0.478 e. The number of anilines is 1. The van der Waals surface area contributed by atoms with Crippen LogP contribution in [0.25, 0.3) is 0 Å². The first kappa shape index (κ1) is 19.6. The molecule has 0 aliphatic carbocycles. The Kier molecular flexibility index (Phi) is 6.68. The van der Waals surface area contributed by atoms with Crippen LogP contribution in [-0.4, -0.2) is 43.8 Å². The molecule has 1 aromatic heterocycles. The van der Waals surface area contributed by atoms with Crippen LogP contribution in [0, 0.1) is 0 Å². The molecule has 0 fully saturated rings. The van der Waals surface area contributed by atoms with Gasteiger partial charge in [-0.05, 0) is 49.9 Å². The number of unbranched alkanes of at least 4 members (excludes halogenated alkanes) is 1. The van der Waals surface area contributed by atoms with E-state index in [1.165, 1.54) is 11.1 Å². The van der Waals surface area contributed by atoms with Crippen LogP contribution in [0.4, 0.5) is 5.82 Å². The van der Waals surface area contributed by atoms with Crippen LogP contribution in [0.3, 0.4) is 0 Å². The molecule has 6 nitrogen and oxygen atoms in total. The molecule has 0 saturated heterocycles. The van der Waals surface area contributed by atoms with E-state index in [1.54, 1.807) is 25.1 Å². The number of pyridine rings is 1. The van der Waals surface area contributed by atoms with E-state index < -0.39 is 10.0 Å². The Morgan fingerprint density at radius 3 is 2.78 bits per heavy atom. The maximum Gasteiger partial charge on any atom is 0.233 e. The van der Waals surface area contributed by atoms with E-state index in [-0.39, 0.29) is 7.18 Å². The summed E-state index contributed by atoms with van der Waals surface area (Å²) in [6, 6.07) is 13.8. The Hall–Kier alpha value is -2.12. The third-order valence-electron chi connectivity index (χ3n) is 4.69. The minimum atomic E-state index is -3.33. The Labute approximate surface area is 163 Å². The second kappa shape index (κ2) is 9.19. The first-order chi connectivity index (χ1) is 13.1. The van der Waals surface area contributed by atoms with Gasteiger partial charge in [-0.1, -0.05) is 30.3 Å². The SMILES string of the molecule is CCS(=O)(=O)Nc1cccc(OCCCCN2CCc3ccccc3C2)n1.[HH]. The van der Waals surface area contributed by atoms with Gasteiger partial charge in [0.1, 0.15) is 5.82 Å². The summed E-state index contributed by atoms with van der Waals surface area (Å²) >= 11 is 0. The monoisotopic (exact) mass is 391 g/mol. The first-order valence-corrected chi connectivity index (χ1v) is 11.1. The lowest BCUT2D eigenvalue weighted by molar-refractivity contribution is 0.233. The van der Waals surface area contributed by atoms with Gasteiger partial charge >= 0.3 is 0 Å². The van der Waals surface area contributed by atoms with Gasteiger partial charge in [0, 0.05) is 20.6 Å². The molecule has 0 radical (unpaired) electrons. The summed E-state index contributed by atoms with van der Waals surface area (Å²) in [5, 5.41) is 0. The topological polar surface area (TPSA) is 71.5 Å². The molecule has 0 saturated carbocycles. The smallest absolute Gasteiger partial charge is 0.233 e. The highest BCUT2D eigenvalue weighted by Crippen LogP contribution is 2.19. The normalized spacial score (nSPS) is 14.6. The summed E-state index contributed by atoms with van der Waals surface area (Å²) in [5.74, 6) is 0.750. The van der Waals surface area contributed by atoms with E-state index in [4.69, 9.17) is 4.74 Å². The number of nitrogens with one attached hydrogen (secondary N) is 1. The summed E-state index contributed by atoms with van der Waals surface area (Å²) in [4.78, 5) is 6.68. The zero-order valence-corrected chi connectivity index (χ0v) is 16.5. The van der Waals surface area contributed by atoms with E-state index in [0.717, 1.165) is 38.9 Å². The van der Waals surface area contributed by atoms with Gasteiger partial charge in [-0.15, -0.1) is 0 Å². The lowest BCUT2D eigenvalue weighted by atomic mass is 10.00. The zero-order valence-electron chi connectivity index (χ0n) is 15.7. The molecule has 0 spiro atoms. The molecule has 1 aliphatic heterocycles. The van der Waals surface area contributed by atoms with Crippen molar-refractivity contribution in [2.45, 2.75) is 32.7 Å². The summed E-state index contributed by atoms with van der Waals surface area (Å²) in [6.07, 6.45) is 3.12. The lowest BCUT2D eigenvalue weighted by Gasteiger charge is -2.28. The number of hydrogen-bond donors (Lipinski definition) is 1. The highest BCUT2D eigenvalue weighted by molar-refractivity contribution is 7.92. The predicted molar refractivity (Wildman–Crippen MR) is 110 cm³/mol. The van der Waals surface area contributed by atoms with Crippen molar-refractivity contribution in [2.75, 3.05) is 30.2 Å². The van der Waals surface area contributed by atoms with Crippen LogP contribution < -0.4 is 9.46 Å². The minimum Gasteiger partial charge on any atom is -0.478 e. The molecule has 0 atom stereocenters.